The molecule has 0 aliphatic heterocycles. The van der Waals surface area contributed by atoms with Crippen molar-refractivity contribution in [2.45, 2.75) is 26.4 Å². The number of nitrogens with one attached hydrogen (secondary N) is 1. The van der Waals surface area contributed by atoms with Gasteiger partial charge in [-0.05, 0) is 29.9 Å². The van der Waals surface area contributed by atoms with Gasteiger partial charge in [-0.3, -0.25) is 4.79 Å². The van der Waals surface area contributed by atoms with Crippen molar-refractivity contribution in [3.05, 3.63) is 28.0 Å². The minimum Gasteiger partial charge on any atom is -0.381 e. The summed E-state index contributed by atoms with van der Waals surface area (Å²) in [5.41, 5.74) is 0.505. The standard InChI is InChI=1S/C14H18Cl2N2O2/c1-14(2)9(6-10(14)20-3)7-17-13(19)8-4-11(15)18-12(16)5-8/h4-5,9-10H,6-7H2,1-3H3,(H,17,19). The largest absolute Gasteiger partial charge is 0.381 e. The normalized spacial score (nSPS) is 24.1. The van der Waals surface area contributed by atoms with Crippen LogP contribution in [-0.2, 0) is 4.74 Å². The summed E-state index contributed by atoms with van der Waals surface area (Å²) in [6, 6.07) is 3.01. The van der Waals surface area contributed by atoms with Gasteiger partial charge in [0.1, 0.15) is 10.3 Å². The summed E-state index contributed by atoms with van der Waals surface area (Å²) in [6.45, 7) is 4.92. The average molecular weight is 317 g/mol. The zero-order chi connectivity index (χ0) is 14.9. The van der Waals surface area contributed by atoms with Gasteiger partial charge in [0.05, 0.1) is 6.10 Å². The Hall–Kier alpha value is -0.840. The molecule has 6 heteroatoms. The fraction of sp³-hybridized carbons (Fsp3) is 0.571. The zero-order valence-electron chi connectivity index (χ0n) is 11.7. The Labute approximate surface area is 128 Å². The van der Waals surface area contributed by atoms with Crippen molar-refractivity contribution in [1.82, 2.24) is 10.3 Å². The smallest absolute Gasteiger partial charge is 0.251 e. The van der Waals surface area contributed by atoms with E-state index in [1.807, 2.05) is 0 Å². The molecule has 1 fully saturated rings. The first kappa shape index (κ1) is 15.5. The molecule has 1 heterocycles. The van der Waals surface area contributed by atoms with Gasteiger partial charge in [-0.25, -0.2) is 4.98 Å². The third kappa shape index (κ3) is 3.08. The van der Waals surface area contributed by atoms with E-state index in [-0.39, 0.29) is 27.7 Å². The summed E-state index contributed by atoms with van der Waals surface area (Å²) in [6.07, 6.45) is 1.22. The number of ether oxygens (including phenoxy) is 1. The second-order valence-electron chi connectivity index (χ2n) is 5.69. The first-order chi connectivity index (χ1) is 9.34. The summed E-state index contributed by atoms with van der Waals surface area (Å²) in [7, 11) is 1.72. The Morgan fingerprint density at radius 2 is 2.05 bits per heavy atom. The van der Waals surface area contributed by atoms with Crippen molar-refractivity contribution in [3.8, 4) is 0 Å². The van der Waals surface area contributed by atoms with Gasteiger partial charge in [-0.1, -0.05) is 37.0 Å². The molecule has 2 unspecified atom stereocenters. The molecule has 1 aromatic heterocycles. The molecule has 1 saturated carbocycles. The van der Waals surface area contributed by atoms with Crippen molar-refractivity contribution in [2.75, 3.05) is 13.7 Å². The highest BCUT2D eigenvalue weighted by molar-refractivity contribution is 6.33. The summed E-state index contributed by atoms with van der Waals surface area (Å²) in [4.78, 5) is 15.9. The summed E-state index contributed by atoms with van der Waals surface area (Å²) >= 11 is 11.6. The van der Waals surface area contributed by atoms with Crippen LogP contribution in [0.25, 0.3) is 0 Å². The van der Waals surface area contributed by atoms with Gasteiger partial charge in [-0.15, -0.1) is 0 Å². The minimum atomic E-state index is -0.187. The van der Waals surface area contributed by atoms with Crippen LogP contribution < -0.4 is 5.32 Å². The van der Waals surface area contributed by atoms with E-state index in [2.05, 4.69) is 24.1 Å². The van der Waals surface area contributed by atoms with E-state index in [1.54, 1.807) is 7.11 Å². The average Bonchev–Trinajstić information content (AvgIpc) is 2.36. The fourth-order valence-corrected chi connectivity index (χ4v) is 3.09. The van der Waals surface area contributed by atoms with Crippen molar-refractivity contribution in [3.63, 3.8) is 0 Å². The van der Waals surface area contributed by atoms with Crippen LogP contribution in [0.4, 0.5) is 0 Å². The van der Waals surface area contributed by atoms with E-state index in [1.165, 1.54) is 12.1 Å². The van der Waals surface area contributed by atoms with Crippen LogP contribution in [-0.4, -0.2) is 30.6 Å². The van der Waals surface area contributed by atoms with Crippen LogP contribution >= 0.6 is 23.2 Å². The lowest BCUT2D eigenvalue weighted by Crippen LogP contribution is -2.54. The molecule has 1 aromatic rings. The van der Waals surface area contributed by atoms with E-state index in [4.69, 9.17) is 27.9 Å². The van der Waals surface area contributed by atoms with Gasteiger partial charge in [0.2, 0.25) is 0 Å². The molecule has 110 valence electrons. The minimum absolute atomic E-state index is 0.0789. The molecule has 2 rings (SSSR count). The molecule has 1 N–H and O–H groups in total. The van der Waals surface area contributed by atoms with Crippen LogP contribution in [0, 0.1) is 11.3 Å². The molecule has 20 heavy (non-hydrogen) atoms. The highest BCUT2D eigenvalue weighted by atomic mass is 35.5. The molecule has 4 nitrogen and oxygen atoms in total. The van der Waals surface area contributed by atoms with Gasteiger partial charge in [0.25, 0.3) is 5.91 Å². The lowest BCUT2D eigenvalue weighted by molar-refractivity contribution is -0.118. The molecule has 0 saturated heterocycles. The molecular formula is C14H18Cl2N2O2. The molecular weight excluding hydrogens is 299 g/mol. The molecule has 0 bridgehead atoms. The van der Waals surface area contributed by atoms with Crippen molar-refractivity contribution >= 4 is 29.1 Å². The van der Waals surface area contributed by atoms with E-state index in [9.17, 15) is 4.79 Å². The van der Waals surface area contributed by atoms with Gasteiger partial charge in [0, 0.05) is 19.2 Å². The topological polar surface area (TPSA) is 51.2 Å². The van der Waals surface area contributed by atoms with E-state index in [0.717, 1.165) is 6.42 Å². The maximum absolute atomic E-state index is 12.1. The van der Waals surface area contributed by atoms with E-state index in [0.29, 0.717) is 18.0 Å². The Morgan fingerprint density at radius 3 is 2.55 bits per heavy atom. The quantitative estimate of drug-likeness (QED) is 0.868. The monoisotopic (exact) mass is 316 g/mol. The van der Waals surface area contributed by atoms with Gasteiger partial charge in [0.15, 0.2) is 0 Å². The van der Waals surface area contributed by atoms with Crippen LogP contribution in [0.1, 0.15) is 30.6 Å². The second-order valence-corrected chi connectivity index (χ2v) is 6.46. The summed E-state index contributed by atoms with van der Waals surface area (Å²) < 4.78 is 5.40. The van der Waals surface area contributed by atoms with Crippen molar-refractivity contribution < 1.29 is 9.53 Å². The lowest BCUT2D eigenvalue weighted by atomic mass is 9.60. The maximum atomic E-state index is 12.1. The Kier molecular flexibility index (Phi) is 4.57. The van der Waals surface area contributed by atoms with E-state index >= 15 is 0 Å². The predicted molar refractivity (Wildman–Crippen MR) is 79.3 cm³/mol. The first-order valence-electron chi connectivity index (χ1n) is 6.48. The first-order valence-corrected chi connectivity index (χ1v) is 7.24. The number of rotatable bonds is 4. The SMILES string of the molecule is COC1CC(CNC(=O)c2cc(Cl)nc(Cl)c2)C1(C)C. The Balaban J connectivity index is 1.93. The van der Waals surface area contributed by atoms with Crippen LogP contribution in [0.15, 0.2) is 12.1 Å². The number of pyridine rings is 1. The number of carbonyl (C=O) groups is 1. The number of hydrogen-bond donors (Lipinski definition) is 1. The molecule has 1 amide bonds. The molecule has 2 atom stereocenters. The third-order valence-electron chi connectivity index (χ3n) is 4.20. The summed E-state index contributed by atoms with van der Waals surface area (Å²) in [5.74, 6) is 0.219. The number of carbonyl (C=O) groups excluding carboxylic acids is 1. The number of nitrogens with zero attached hydrogens (tertiary/aromatic N) is 1. The number of hydrogen-bond acceptors (Lipinski definition) is 3. The molecule has 0 spiro atoms. The number of halogens is 2. The van der Waals surface area contributed by atoms with Gasteiger partial charge >= 0.3 is 0 Å². The molecule has 1 aliphatic carbocycles. The number of aromatic nitrogens is 1. The Bertz CT molecular complexity index is 500. The second kappa shape index (κ2) is 5.88. The third-order valence-corrected chi connectivity index (χ3v) is 4.59. The lowest BCUT2D eigenvalue weighted by Gasteiger charge is -2.51. The van der Waals surface area contributed by atoms with Gasteiger partial charge < -0.3 is 10.1 Å². The molecule has 1 aliphatic rings. The van der Waals surface area contributed by atoms with Crippen LogP contribution in [0.5, 0.6) is 0 Å². The zero-order valence-corrected chi connectivity index (χ0v) is 13.3. The fourth-order valence-electron chi connectivity index (χ4n) is 2.63. The number of methoxy groups -OCH3 is 1. The van der Waals surface area contributed by atoms with Gasteiger partial charge in [-0.2, -0.15) is 0 Å². The van der Waals surface area contributed by atoms with E-state index < -0.39 is 0 Å². The molecule has 0 radical (unpaired) electrons. The predicted octanol–water partition coefficient (Wildman–Crippen LogP) is 3.18. The van der Waals surface area contributed by atoms with Crippen LogP contribution in [0.2, 0.25) is 10.3 Å². The number of amides is 1. The summed E-state index contributed by atoms with van der Waals surface area (Å²) in [5, 5.41) is 3.34. The highest BCUT2D eigenvalue weighted by Gasteiger charge is 2.48. The maximum Gasteiger partial charge on any atom is 0.251 e. The Morgan fingerprint density at radius 1 is 1.45 bits per heavy atom. The van der Waals surface area contributed by atoms with Crippen molar-refractivity contribution in [2.24, 2.45) is 11.3 Å². The van der Waals surface area contributed by atoms with Crippen LogP contribution in [0.3, 0.4) is 0 Å². The molecule has 0 aromatic carbocycles. The highest BCUT2D eigenvalue weighted by Crippen LogP contribution is 2.47. The van der Waals surface area contributed by atoms with Crippen molar-refractivity contribution in [1.29, 1.82) is 0 Å².